The van der Waals surface area contributed by atoms with Crippen LogP contribution in [0.15, 0.2) is 22.8 Å². The molecule has 0 bridgehead atoms. The van der Waals surface area contributed by atoms with Crippen LogP contribution in [-0.4, -0.2) is 83.5 Å². The lowest BCUT2D eigenvalue weighted by Gasteiger charge is -2.38. The number of hydrogen-bond acceptors (Lipinski definition) is 8. The summed E-state index contributed by atoms with van der Waals surface area (Å²) in [6, 6.07) is 3.37. The number of piperidine rings is 2. The van der Waals surface area contributed by atoms with Crippen LogP contribution < -0.4 is 9.80 Å². The number of hydrogen-bond donors (Lipinski definition) is 0. The predicted octanol–water partition coefficient (Wildman–Crippen LogP) is 1.85. The van der Waals surface area contributed by atoms with E-state index in [9.17, 15) is 14.4 Å². The quantitative estimate of drug-likeness (QED) is 0.669. The number of rotatable bonds is 4. The van der Waals surface area contributed by atoms with Crippen LogP contribution in [0, 0.1) is 5.92 Å². The van der Waals surface area contributed by atoms with Crippen molar-refractivity contribution in [1.29, 1.82) is 0 Å². The van der Waals surface area contributed by atoms with Crippen molar-refractivity contribution in [3.63, 3.8) is 0 Å². The zero-order valence-corrected chi connectivity index (χ0v) is 19.3. The Morgan fingerprint density at radius 2 is 1.67 bits per heavy atom. The fourth-order valence-electron chi connectivity index (χ4n) is 4.71. The number of anilines is 2. The molecule has 176 valence electrons. The number of furan rings is 1. The van der Waals surface area contributed by atoms with Crippen LogP contribution in [0.4, 0.5) is 10.3 Å². The first-order valence-electron chi connectivity index (χ1n) is 11.6. The van der Waals surface area contributed by atoms with Gasteiger partial charge in [-0.3, -0.25) is 19.3 Å². The molecule has 2 aromatic rings. The molecule has 5 heterocycles. The average molecular weight is 473 g/mol. The van der Waals surface area contributed by atoms with E-state index in [1.54, 1.807) is 21.9 Å². The molecule has 5 rings (SSSR count). The van der Waals surface area contributed by atoms with E-state index < -0.39 is 0 Å². The number of carbonyl (C=O) groups is 3. The standard InChI is InChI=1S/C22H28N6O4S/c29-18-5-1-2-8-28(18)22-24-23-21(33-22)27-9-6-16(7-10-27)19(30)25-11-13-26(14-12-25)20(31)17-4-3-15-32-17/h3-4,15-16H,1-2,5-14H2. The topological polar surface area (TPSA) is 103 Å². The van der Waals surface area contributed by atoms with Gasteiger partial charge in [0.2, 0.25) is 22.1 Å². The maximum absolute atomic E-state index is 13.1. The first-order valence-corrected chi connectivity index (χ1v) is 12.4. The van der Waals surface area contributed by atoms with Crippen LogP contribution in [0.2, 0.25) is 0 Å². The van der Waals surface area contributed by atoms with E-state index in [0.29, 0.717) is 50.0 Å². The van der Waals surface area contributed by atoms with Gasteiger partial charge < -0.3 is 19.1 Å². The number of carbonyl (C=O) groups excluding carboxylic acids is 3. The van der Waals surface area contributed by atoms with Gasteiger partial charge in [0.25, 0.3) is 5.91 Å². The molecule has 0 spiro atoms. The van der Waals surface area contributed by atoms with Crippen molar-refractivity contribution in [1.82, 2.24) is 20.0 Å². The van der Waals surface area contributed by atoms with Crippen LogP contribution in [0.3, 0.4) is 0 Å². The smallest absolute Gasteiger partial charge is 0.289 e. The highest BCUT2D eigenvalue weighted by Gasteiger charge is 2.33. The summed E-state index contributed by atoms with van der Waals surface area (Å²) in [4.78, 5) is 45.2. The molecule has 3 amide bonds. The van der Waals surface area contributed by atoms with Crippen molar-refractivity contribution in [3.05, 3.63) is 24.2 Å². The molecule has 0 aliphatic carbocycles. The first-order chi connectivity index (χ1) is 16.1. The van der Waals surface area contributed by atoms with E-state index in [4.69, 9.17) is 4.42 Å². The Bertz CT molecular complexity index is 992. The molecule has 0 unspecified atom stereocenters. The summed E-state index contributed by atoms with van der Waals surface area (Å²) in [5.74, 6) is 0.509. The highest BCUT2D eigenvalue weighted by atomic mass is 32.1. The van der Waals surface area contributed by atoms with E-state index in [2.05, 4.69) is 15.1 Å². The second-order valence-electron chi connectivity index (χ2n) is 8.73. The normalized spacial score (nSPS) is 20.4. The molecule has 3 aliphatic heterocycles. The highest BCUT2D eigenvalue weighted by molar-refractivity contribution is 7.19. The Hall–Kier alpha value is -2.95. The zero-order chi connectivity index (χ0) is 22.8. The minimum atomic E-state index is -0.122. The van der Waals surface area contributed by atoms with Crippen molar-refractivity contribution in [2.45, 2.75) is 32.1 Å². The molecule has 10 nitrogen and oxygen atoms in total. The third-order valence-electron chi connectivity index (χ3n) is 6.68. The van der Waals surface area contributed by atoms with Crippen LogP contribution in [-0.2, 0) is 9.59 Å². The van der Waals surface area contributed by atoms with Crippen molar-refractivity contribution < 1.29 is 18.8 Å². The largest absolute Gasteiger partial charge is 0.459 e. The monoisotopic (exact) mass is 472 g/mol. The molecule has 0 radical (unpaired) electrons. The number of nitrogens with zero attached hydrogens (tertiary/aromatic N) is 6. The Labute approximate surface area is 196 Å². The predicted molar refractivity (Wildman–Crippen MR) is 122 cm³/mol. The molecule has 0 aromatic carbocycles. The van der Waals surface area contributed by atoms with E-state index in [0.717, 1.165) is 43.9 Å². The minimum absolute atomic E-state index is 0.00959. The number of amides is 3. The van der Waals surface area contributed by atoms with Crippen molar-refractivity contribution in [2.24, 2.45) is 5.92 Å². The maximum atomic E-state index is 13.1. The fourth-order valence-corrected chi connectivity index (χ4v) is 5.66. The molecule has 3 saturated heterocycles. The minimum Gasteiger partial charge on any atom is -0.459 e. The molecular weight excluding hydrogens is 444 g/mol. The lowest BCUT2D eigenvalue weighted by Crippen LogP contribution is -2.53. The zero-order valence-electron chi connectivity index (χ0n) is 18.5. The van der Waals surface area contributed by atoms with E-state index in [1.165, 1.54) is 17.6 Å². The Morgan fingerprint density at radius 1 is 0.939 bits per heavy atom. The highest BCUT2D eigenvalue weighted by Crippen LogP contribution is 2.32. The first kappa shape index (κ1) is 21.9. The van der Waals surface area contributed by atoms with Crippen LogP contribution >= 0.6 is 11.3 Å². The fraction of sp³-hybridized carbons (Fsp3) is 0.591. The van der Waals surface area contributed by atoms with Crippen molar-refractivity contribution in [2.75, 3.05) is 55.6 Å². The van der Waals surface area contributed by atoms with Crippen LogP contribution in [0.5, 0.6) is 0 Å². The van der Waals surface area contributed by atoms with Gasteiger partial charge in [0.15, 0.2) is 5.76 Å². The summed E-state index contributed by atoms with van der Waals surface area (Å²) in [6.07, 6.45) is 5.55. The molecular formula is C22H28N6O4S. The molecule has 3 aliphatic rings. The lowest BCUT2D eigenvalue weighted by molar-refractivity contribution is -0.137. The SMILES string of the molecule is O=C(c1ccco1)N1CCN(C(=O)C2CCN(c3nnc(N4CCCCC4=O)s3)CC2)CC1. The summed E-state index contributed by atoms with van der Waals surface area (Å²) in [7, 11) is 0. The number of piperazine rings is 1. The number of aromatic nitrogens is 2. The van der Waals surface area contributed by atoms with Crippen LogP contribution in [0.25, 0.3) is 0 Å². The molecule has 2 aromatic heterocycles. The molecule has 3 fully saturated rings. The summed E-state index contributed by atoms with van der Waals surface area (Å²) < 4.78 is 5.20. The van der Waals surface area contributed by atoms with Gasteiger partial charge in [0.05, 0.1) is 6.26 Å². The third kappa shape index (κ3) is 4.59. The van der Waals surface area contributed by atoms with E-state index >= 15 is 0 Å². The van der Waals surface area contributed by atoms with Crippen LogP contribution in [0.1, 0.15) is 42.7 Å². The van der Waals surface area contributed by atoms with Gasteiger partial charge in [0, 0.05) is 58.2 Å². The molecule has 0 N–H and O–H groups in total. The average Bonchev–Trinajstić information content (AvgIpc) is 3.57. The lowest BCUT2D eigenvalue weighted by atomic mass is 9.95. The van der Waals surface area contributed by atoms with Gasteiger partial charge in [-0.2, -0.15) is 0 Å². The molecule has 0 saturated carbocycles. The third-order valence-corrected chi connectivity index (χ3v) is 7.69. The summed E-state index contributed by atoms with van der Waals surface area (Å²) in [5, 5.41) is 10.1. The van der Waals surface area contributed by atoms with E-state index in [-0.39, 0.29) is 23.6 Å². The van der Waals surface area contributed by atoms with Gasteiger partial charge in [-0.25, -0.2) is 0 Å². The second kappa shape index (κ2) is 9.50. The Balaban J connectivity index is 1.11. The Morgan fingerprint density at radius 3 is 2.36 bits per heavy atom. The van der Waals surface area contributed by atoms with Gasteiger partial charge in [0.1, 0.15) is 0 Å². The van der Waals surface area contributed by atoms with Gasteiger partial charge >= 0.3 is 0 Å². The van der Waals surface area contributed by atoms with Gasteiger partial charge in [-0.1, -0.05) is 11.3 Å². The maximum Gasteiger partial charge on any atom is 0.289 e. The van der Waals surface area contributed by atoms with Crippen molar-refractivity contribution >= 4 is 39.3 Å². The molecule has 33 heavy (non-hydrogen) atoms. The Kier molecular flexibility index (Phi) is 6.30. The van der Waals surface area contributed by atoms with Gasteiger partial charge in [-0.05, 0) is 37.8 Å². The van der Waals surface area contributed by atoms with Gasteiger partial charge in [-0.15, -0.1) is 10.2 Å². The second-order valence-corrected chi connectivity index (χ2v) is 9.66. The summed E-state index contributed by atoms with van der Waals surface area (Å²) >= 11 is 1.46. The van der Waals surface area contributed by atoms with Crippen molar-refractivity contribution in [3.8, 4) is 0 Å². The van der Waals surface area contributed by atoms with E-state index in [1.807, 2.05) is 4.90 Å². The summed E-state index contributed by atoms with van der Waals surface area (Å²) in [6.45, 7) is 4.35. The molecule has 0 atom stereocenters. The summed E-state index contributed by atoms with van der Waals surface area (Å²) in [5.41, 5.74) is 0. The molecule has 11 heteroatoms.